The molecule has 1 aliphatic carbocycles. The molecule has 0 aromatic carbocycles. The van der Waals surface area contributed by atoms with Gasteiger partial charge in [0.1, 0.15) is 0 Å². The zero-order chi connectivity index (χ0) is 15.1. The Kier molecular flexibility index (Phi) is 6.48. The summed E-state index contributed by atoms with van der Waals surface area (Å²) in [5.41, 5.74) is 0. The molecule has 0 bridgehead atoms. The maximum Gasteiger partial charge on any atom is 0.306 e. The summed E-state index contributed by atoms with van der Waals surface area (Å²) in [6.07, 6.45) is 2.27. The smallest absolute Gasteiger partial charge is 0.306 e. The van der Waals surface area contributed by atoms with Gasteiger partial charge >= 0.3 is 5.97 Å². The first-order valence-electron chi connectivity index (χ1n) is 7.27. The van der Waals surface area contributed by atoms with E-state index in [1.165, 1.54) is 0 Å². The van der Waals surface area contributed by atoms with E-state index in [4.69, 9.17) is 5.11 Å². The van der Waals surface area contributed by atoms with Crippen molar-refractivity contribution in [3.63, 3.8) is 0 Å². The van der Waals surface area contributed by atoms with Crippen LogP contribution in [0.5, 0.6) is 0 Å². The Hall–Kier alpha value is -1.59. The van der Waals surface area contributed by atoms with Crippen LogP contribution in [0.3, 0.4) is 0 Å². The Morgan fingerprint density at radius 1 is 1.15 bits per heavy atom. The van der Waals surface area contributed by atoms with E-state index in [9.17, 15) is 14.4 Å². The predicted molar refractivity (Wildman–Crippen MR) is 74.1 cm³/mol. The molecular weight excluding hydrogens is 260 g/mol. The van der Waals surface area contributed by atoms with Gasteiger partial charge in [0.15, 0.2) is 0 Å². The number of rotatable bonds is 8. The quantitative estimate of drug-likeness (QED) is 0.696. The number of nitrogens with one attached hydrogen (secondary N) is 1. The molecule has 0 unspecified atom stereocenters. The van der Waals surface area contributed by atoms with Crippen LogP contribution in [0.2, 0.25) is 0 Å². The predicted octanol–water partition coefficient (Wildman–Crippen LogP) is 1.00. The fourth-order valence-electron chi connectivity index (χ4n) is 2.37. The van der Waals surface area contributed by atoms with Gasteiger partial charge in [-0.1, -0.05) is 0 Å². The number of hydrogen-bond acceptors (Lipinski definition) is 3. The first-order chi connectivity index (χ1) is 9.47. The Morgan fingerprint density at radius 3 is 2.25 bits per heavy atom. The van der Waals surface area contributed by atoms with E-state index in [0.29, 0.717) is 45.2 Å². The molecular formula is C14H24N2O4. The normalized spacial score (nSPS) is 20.9. The van der Waals surface area contributed by atoms with Crippen molar-refractivity contribution in [1.82, 2.24) is 10.2 Å². The molecule has 0 radical (unpaired) electrons. The third-order valence-electron chi connectivity index (χ3n) is 3.76. The van der Waals surface area contributed by atoms with Crippen LogP contribution in [0.15, 0.2) is 0 Å². The summed E-state index contributed by atoms with van der Waals surface area (Å²) in [6.45, 7) is 5.26. The molecule has 0 heterocycles. The number of carbonyl (C=O) groups is 3. The molecule has 6 heteroatoms. The summed E-state index contributed by atoms with van der Waals surface area (Å²) in [4.78, 5) is 35.7. The van der Waals surface area contributed by atoms with Gasteiger partial charge in [-0.25, -0.2) is 0 Å². The molecule has 1 rings (SSSR count). The topological polar surface area (TPSA) is 86.7 Å². The van der Waals surface area contributed by atoms with Gasteiger partial charge in [0, 0.05) is 32.0 Å². The fraction of sp³-hybridized carbons (Fsp3) is 0.786. The highest BCUT2D eigenvalue weighted by molar-refractivity contribution is 5.79. The molecule has 2 amide bonds. The Labute approximate surface area is 119 Å². The van der Waals surface area contributed by atoms with Gasteiger partial charge in [0.25, 0.3) is 0 Å². The highest BCUT2D eigenvalue weighted by atomic mass is 16.4. The van der Waals surface area contributed by atoms with Crippen molar-refractivity contribution in [2.24, 2.45) is 5.92 Å². The molecule has 0 aliphatic heterocycles. The van der Waals surface area contributed by atoms with Gasteiger partial charge in [-0.15, -0.1) is 0 Å². The lowest BCUT2D eigenvalue weighted by atomic mass is 9.80. The number of carbonyl (C=O) groups excluding carboxylic acids is 2. The summed E-state index contributed by atoms with van der Waals surface area (Å²) in [5, 5.41) is 11.5. The maximum absolute atomic E-state index is 11.7. The molecule has 0 aromatic rings. The highest BCUT2D eigenvalue weighted by Gasteiger charge is 2.35. The van der Waals surface area contributed by atoms with Crippen LogP contribution in [-0.2, 0) is 14.4 Å². The maximum atomic E-state index is 11.7. The molecule has 6 nitrogen and oxygen atoms in total. The van der Waals surface area contributed by atoms with Gasteiger partial charge < -0.3 is 15.3 Å². The molecule has 1 aliphatic rings. The molecule has 0 atom stereocenters. The fourth-order valence-corrected chi connectivity index (χ4v) is 2.37. The van der Waals surface area contributed by atoms with Crippen molar-refractivity contribution in [2.45, 2.75) is 52.0 Å². The molecule has 0 spiro atoms. The Morgan fingerprint density at radius 2 is 1.75 bits per heavy atom. The number of carboxylic acid groups (broad SMARTS) is 1. The Bertz CT molecular complexity index is 360. The molecule has 0 aromatic heterocycles. The SMILES string of the molecule is CCN(CC)C(=O)CCCC(=O)NC1CC(C(=O)O)C1. The minimum atomic E-state index is -0.791. The third kappa shape index (κ3) is 4.83. The highest BCUT2D eigenvalue weighted by Crippen LogP contribution is 2.27. The summed E-state index contributed by atoms with van der Waals surface area (Å²) < 4.78 is 0. The second-order valence-corrected chi connectivity index (χ2v) is 5.19. The molecule has 0 saturated heterocycles. The molecule has 114 valence electrons. The summed E-state index contributed by atoms with van der Waals surface area (Å²) in [6, 6.07) is -0.0120. The van der Waals surface area contributed by atoms with Crippen LogP contribution in [0.25, 0.3) is 0 Å². The van der Waals surface area contributed by atoms with E-state index in [2.05, 4.69) is 5.32 Å². The van der Waals surface area contributed by atoms with Crippen LogP contribution in [-0.4, -0.2) is 46.9 Å². The van der Waals surface area contributed by atoms with E-state index in [1.54, 1.807) is 4.90 Å². The van der Waals surface area contributed by atoms with Gasteiger partial charge in [0.05, 0.1) is 5.92 Å². The van der Waals surface area contributed by atoms with Crippen molar-refractivity contribution >= 4 is 17.8 Å². The summed E-state index contributed by atoms with van der Waals surface area (Å²) in [5.74, 6) is -1.12. The van der Waals surface area contributed by atoms with Crippen molar-refractivity contribution in [1.29, 1.82) is 0 Å². The van der Waals surface area contributed by atoms with Crippen LogP contribution in [0.4, 0.5) is 0 Å². The van der Waals surface area contributed by atoms with E-state index >= 15 is 0 Å². The average molecular weight is 284 g/mol. The largest absolute Gasteiger partial charge is 0.481 e. The minimum absolute atomic E-state index is 0.0120. The van der Waals surface area contributed by atoms with Crippen LogP contribution >= 0.6 is 0 Å². The van der Waals surface area contributed by atoms with Crippen molar-refractivity contribution in [3.8, 4) is 0 Å². The monoisotopic (exact) mass is 284 g/mol. The molecule has 2 N–H and O–H groups in total. The van der Waals surface area contributed by atoms with E-state index < -0.39 is 5.97 Å². The summed E-state index contributed by atoms with van der Waals surface area (Å²) >= 11 is 0. The number of hydrogen-bond donors (Lipinski definition) is 2. The number of carboxylic acids is 1. The van der Waals surface area contributed by atoms with Crippen molar-refractivity contribution < 1.29 is 19.5 Å². The lowest BCUT2D eigenvalue weighted by Crippen LogP contribution is -2.46. The van der Waals surface area contributed by atoms with E-state index in [1.807, 2.05) is 13.8 Å². The lowest BCUT2D eigenvalue weighted by Gasteiger charge is -2.32. The Balaban J connectivity index is 2.12. The second kappa shape index (κ2) is 7.87. The number of amides is 2. The minimum Gasteiger partial charge on any atom is -0.481 e. The van der Waals surface area contributed by atoms with Gasteiger partial charge in [-0.2, -0.15) is 0 Å². The third-order valence-corrected chi connectivity index (χ3v) is 3.76. The van der Waals surface area contributed by atoms with Gasteiger partial charge in [0.2, 0.25) is 11.8 Å². The standard InChI is InChI=1S/C14H24N2O4/c1-3-16(4-2)13(18)7-5-6-12(17)15-11-8-10(9-11)14(19)20/h10-11H,3-9H2,1-2H3,(H,15,17)(H,19,20). The molecule has 20 heavy (non-hydrogen) atoms. The zero-order valence-corrected chi connectivity index (χ0v) is 12.2. The van der Waals surface area contributed by atoms with Crippen LogP contribution in [0, 0.1) is 5.92 Å². The average Bonchev–Trinajstić information content (AvgIpc) is 2.34. The van der Waals surface area contributed by atoms with Gasteiger partial charge in [-0.3, -0.25) is 14.4 Å². The second-order valence-electron chi connectivity index (χ2n) is 5.19. The van der Waals surface area contributed by atoms with Crippen molar-refractivity contribution in [2.75, 3.05) is 13.1 Å². The van der Waals surface area contributed by atoms with Crippen LogP contribution < -0.4 is 5.32 Å². The van der Waals surface area contributed by atoms with Crippen molar-refractivity contribution in [3.05, 3.63) is 0 Å². The van der Waals surface area contributed by atoms with Gasteiger partial charge in [-0.05, 0) is 33.1 Å². The first kappa shape index (κ1) is 16.5. The van der Waals surface area contributed by atoms with Crippen LogP contribution in [0.1, 0.15) is 46.0 Å². The lowest BCUT2D eigenvalue weighted by molar-refractivity contribution is -0.146. The zero-order valence-electron chi connectivity index (χ0n) is 12.2. The van der Waals surface area contributed by atoms with E-state index in [0.717, 1.165) is 0 Å². The number of aliphatic carboxylic acids is 1. The summed E-state index contributed by atoms with van der Waals surface area (Å²) in [7, 11) is 0. The first-order valence-corrected chi connectivity index (χ1v) is 7.27. The molecule has 1 saturated carbocycles. The molecule has 1 fully saturated rings. The number of nitrogens with zero attached hydrogens (tertiary/aromatic N) is 1. The van der Waals surface area contributed by atoms with E-state index in [-0.39, 0.29) is 23.8 Å².